The number of rotatable bonds is 2. The normalized spacial score (nSPS) is 10.8. The minimum absolute atomic E-state index is 0.804. The number of halogens is 1. The Morgan fingerprint density at radius 3 is 2.67 bits per heavy atom. The molecule has 0 atom stereocenters. The first-order chi connectivity index (χ1) is 8.78. The molecule has 0 bridgehead atoms. The summed E-state index contributed by atoms with van der Waals surface area (Å²) in [6, 6.07) is 14.2. The van der Waals surface area contributed by atoms with Crippen LogP contribution in [0.3, 0.4) is 0 Å². The van der Waals surface area contributed by atoms with Gasteiger partial charge in [-0.25, -0.2) is 4.98 Å². The Morgan fingerprint density at radius 1 is 1.17 bits per heavy atom. The Bertz CT molecular complexity index is 694. The largest absolute Gasteiger partial charge is 0.494 e. The van der Waals surface area contributed by atoms with Crippen LogP contribution in [-0.2, 0) is 0 Å². The SMILES string of the molecule is COc1cc(Br)cc2sc(-c3ccccc3)nc12. The number of aromatic nitrogens is 1. The van der Waals surface area contributed by atoms with E-state index in [1.165, 1.54) is 0 Å². The van der Waals surface area contributed by atoms with Crippen LogP contribution in [0, 0.1) is 0 Å². The number of thiazole rings is 1. The number of benzene rings is 2. The average Bonchev–Trinajstić information content (AvgIpc) is 2.82. The van der Waals surface area contributed by atoms with Gasteiger partial charge in [-0.15, -0.1) is 11.3 Å². The van der Waals surface area contributed by atoms with Gasteiger partial charge in [-0.1, -0.05) is 46.3 Å². The molecule has 0 spiro atoms. The molecule has 0 saturated heterocycles. The lowest BCUT2D eigenvalue weighted by Crippen LogP contribution is -1.84. The second kappa shape index (κ2) is 4.71. The van der Waals surface area contributed by atoms with Gasteiger partial charge in [-0.2, -0.15) is 0 Å². The van der Waals surface area contributed by atoms with Gasteiger partial charge in [0.15, 0.2) is 0 Å². The molecule has 0 aliphatic rings. The standard InChI is InChI=1S/C14H10BrNOS/c1-17-11-7-10(15)8-12-13(11)16-14(18-12)9-5-3-2-4-6-9/h2-8H,1H3. The molecule has 1 heterocycles. The van der Waals surface area contributed by atoms with E-state index in [9.17, 15) is 0 Å². The molecule has 0 unspecified atom stereocenters. The molecule has 90 valence electrons. The Morgan fingerprint density at radius 2 is 1.94 bits per heavy atom. The smallest absolute Gasteiger partial charge is 0.147 e. The van der Waals surface area contributed by atoms with Crippen LogP contribution < -0.4 is 4.74 Å². The molecular weight excluding hydrogens is 310 g/mol. The number of hydrogen-bond acceptors (Lipinski definition) is 3. The fraction of sp³-hybridized carbons (Fsp3) is 0.0714. The van der Waals surface area contributed by atoms with E-state index in [0.29, 0.717) is 0 Å². The third-order valence-electron chi connectivity index (χ3n) is 2.67. The van der Waals surface area contributed by atoms with Gasteiger partial charge in [0.2, 0.25) is 0 Å². The molecule has 2 nitrogen and oxygen atoms in total. The Balaban J connectivity index is 2.23. The molecule has 0 aliphatic heterocycles. The number of hydrogen-bond donors (Lipinski definition) is 0. The molecule has 0 amide bonds. The number of fused-ring (bicyclic) bond motifs is 1. The lowest BCUT2D eigenvalue weighted by atomic mass is 10.2. The van der Waals surface area contributed by atoms with Gasteiger partial charge in [0, 0.05) is 10.0 Å². The maximum atomic E-state index is 5.37. The van der Waals surface area contributed by atoms with E-state index in [1.807, 2.05) is 24.3 Å². The topological polar surface area (TPSA) is 22.1 Å². The fourth-order valence-electron chi connectivity index (χ4n) is 1.83. The first-order valence-corrected chi connectivity index (χ1v) is 7.08. The predicted molar refractivity (Wildman–Crippen MR) is 79.3 cm³/mol. The molecule has 2 aromatic carbocycles. The fourth-order valence-corrected chi connectivity index (χ4v) is 3.44. The minimum atomic E-state index is 0.804. The highest BCUT2D eigenvalue weighted by Crippen LogP contribution is 2.36. The van der Waals surface area contributed by atoms with E-state index < -0.39 is 0 Å². The summed E-state index contributed by atoms with van der Waals surface area (Å²) in [6.45, 7) is 0. The van der Waals surface area contributed by atoms with Crippen LogP contribution in [0.25, 0.3) is 20.8 Å². The molecule has 0 aliphatic carbocycles. The van der Waals surface area contributed by atoms with Crippen molar-refractivity contribution in [3.05, 3.63) is 46.9 Å². The summed E-state index contributed by atoms with van der Waals surface area (Å²) in [5.41, 5.74) is 2.06. The monoisotopic (exact) mass is 319 g/mol. The van der Waals surface area contributed by atoms with Crippen LogP contribution in [0.4, 0.5) is 0 Å². The second-order valence-electron chi connectivity index (χ2n) is 3.84. The van der Waals surface area contributed by atoms with Gasteiger partial charge in [-0.3, -0.25) is 0 Å². The van der Waals surface area contributed by atoms with Gasteiger partial charge in [0.25, 0.3) is 0 Å². The lowest BCUT2D eigenvalue weighted by Gasteiger charge is -2.00. The Kier molecular flexibility index (Phi) is 3.06. The van der Waals surface area contributed by atoms with Crippen LogP contribution in [0.2, 0.25) is 0 Å². The zero-order chi connectivity index (χ0) is 12.5. The third kappa shape index (κ3) is 2.02. The number of ether oxygens (including phenoxy) is 1. The quantitative estimate of drug-likeness (QED) is 0.681. The first-order valence-electron chi connectivity index (χ1n) is 5.47. The third-order valence-corrected chi connectivity index (χ3v) is 4.17. The van der Waals surface area contributed by atoms with Crippen molar-refractivity contribution in [1.29, 1.82) is 0 Å². The van der Waals surface area contributed by atoms with Gasteiger partial charge in [0.05, 0.1) is 11.8 Å². The predicted octanol–water partition coefficient (Wildman–Crippen LogP) is 4.73. The summed E-state index contributed by atoms with van der Waals surface area (Å²) in [6.07, 6.45) is 0. The molecule has 18 heavy (non-hydrogen) atoms. The Labute approximate surface area is 117 Å². The highest BCUT2D eigenvalue weighted by molar-refractivity contribution is 9.10. The van der Waals surface area contributed by atoms with Crippen LogP contribution >= 0.6 is 27.3 Å². The van der Waals surface area contributed by atoms with Gasteiger partial charge in [0.1, 0.15) is 16.3 Å². The van der Waals surface area contributed by atoms with Gasteiger partial charge >= 0.3 is 0 Å². The molecule has 0 saturated carbocycles. The lowest BCUT2D eigenvalue weighted by molar-refractivity contribution is 0.419. The molecule has 4 heteroatoms. The van der Waals surface area contributed by atoms with E-state index in [2.05, 4.69) is 39.1 Å². The van der Waals surface area contributed by atoms with Crippen molar-refractivity contribution in [1.82, 2.24) is 4.98 Å². The molecule has 0 radical (unpaired) electrons. The molecular formula is C14H10BrNOS. The van der Waals surface area contributed by atoms with Crippen molar-refractivity contribution < 1.29 is 4.74 Å². The van der Waals surface area contributed by atoms with Gasteiger partial charge in [-0.05, 0) is 12.1 Å². The second-order valence-corrected chi connectivity index (χ2v) is 5.79. The van der Waals surface area contributed by atoms with Crippen LogP contribution in [-0.4, -0.2) is 12.1 Å². The summed E-state index contributed by atoms with van der Waals surface area (Å²) in [7, 11) is 1.67. The minimum Gasteiger partial charge on any atom is -0.494 e. The maximum absolute atomic E-state index is 5.37. The van der Waals surface area contributed by atoms with E-state index in [-0.39, 0.29) is 0 Å². The summed E-state index contributed by atoms with van der Waals surface area (Å²) in [5, 5.41) is 1.02. The zero-order valence-electron chi connectivity index (χ0n) is 9.68. The van der Waals surface area contributed by atoms with Crippen molar-refractivity contribution in [2.75, 3.05) is 7.11 Å². The van der Waals surface area contributed by atoms with E-state index >= 15 is 0 Å². The molecule has 3 rings (SSSR count). The van der Waals surface area contributed by atoms with E-state index in [4.69, 9.17) is 4.74 Å². The Hall–Kier alpha value is -1.39. The van der Waals surface area contributed by atoms with Crippen molar-refractivity contribution in [3.63, 3.8) is 0 Å². The van der Waals surface area contributed by atoms with Crippen molar-refractivity contribution in [3.8, 4) is 16.3 Å². The highest BCUT2D eigenvalue weighted by Gasteiger charge is 2.11. The zero-order valence-corrected chi connectivity index (χ0v) is 12.1. The highest BCUT2D eigenvalue weighted by atomic mass is 79.9. The molecule has 0 fully saturated rings. The van der Waals surface area contributed by atoms with Gasteiger partial charge < -0.3 is 4.74 Å². The molecule has 0 N–H and O–H groups in total. The van der Waals surface area contributed by atoms with E-state index in [1.54, 1.807) is 18.4 Å². The summed E-state index contributed by atoms with van der Waals surface area (Å²) >= 11 is 5.16. The number of nitrogens with zero attached hydrogens (tertiary/aromatic N) is 1. The van der Waals surface area contributed by atoms with Crippen molar-refractivity contribution >= 4 is 37.5 Å². The first kappa shape index (κ1) is 11.7. The molecule has 1 aromatic heterocycles. The molecule has 3 aromatic rings. The van der Waals surface area contributed by atoms with E-state index in [0.717, 1.165) is 31.0 Å². The van der Waals surface area contributed by atoms with Crippen molar-refractivity contribution in [2.24, 2.45) is 0 Å². The van der Waals surface area contributed by atoms with Crippen LogP contribution in [0.15, 0.2) is 46.9 Å². The summed E-state index contributed by atoms with van der Waals surface area (Å²) < 4.78 is 7.51. The van der Waals surface area contributed by atoms with Crippen LogP contribution in [0.1, 0.15) is 0 Å². The maximum Gasteiger partial charge on any atom is 0.147 e. The number of methoxy groups -OCH3 is 1. The van der Waals surface area contributed by atoms with Crippen LogP contribution in [0.5, 0.6) is 5.75 Å². The summed E-state index contributed by atoms with van der Waals surface area (Å²) in [5.74, 6) is 0.804. The van der Waals surface area contributed by atoms with Crippen molar-refractivity contribution in [2.45, 2.75) is 0 Å². The summed E-state index contributed by atoms with van der Waals surface area (Å²) in [4.78, 5) is 4.67. The average molecular weight is 320 g/mol.